The molecule has 1 aliphatic heterocycles. The molecule has 2 rings (SSSR count). The summed E-state index contributed by atoms with van der Waals surface area (Å²) in [6.45, 7) is 0.339. The highest BCUT2D eigenvalue weighted by atomic mass is 16.5. The first-order valence-corrected chi connectivity index (χ1v) is 6.52. The van der Waals surface area contributed by atoms with Gasteiger partial charge in [-0.15, -0.1) is 0 Å². The molecule has 7 nitrogen and oxygen atoms in total. The minimum Gasteiger partial charge on any atom is -0.465 e. The second kappa shape index (κ2) is 6.25. The maximum Gasteiger partial charge on any atom is 0.407 e. The van der Waals surface area contributed by atoms with Gasteiger partial charge in [-0.2, -0.15) is 0 Å². The molecule has 0 aliphatic carbocycles. The summed E-state index contributed by atoms with van der Waals surface area (Å²) in [6, 6.07) is 5.70. The van der Waals surface area contributed by atoms with Crippen LogP contribution in [0.1, 0.15) is 23.2 Å². The number of carboxylic acid groups (broad SMARTS) is 1. The summed E-state index contributed by atoms with van der Waals surface area (Å²) in [7, 11) is 1.25. The first kappa shape index (κ1) is 14.8. The van der Waals surface area contributed by atoms with E-state index in [0.717, 1.165) is 4.90 Å². The highest BCUT2D eigenvalue weighted by Gasteiger charge is 2.34. The molecule has 21 heavy (non-hydrogen) atoms. The molecule has 0 radical (unpaired) electrons. The van der Waals surface area contributed by atoms with Crippen molar-refractivity contribution < 1.29 is 24.2 Å². The average molecular weight is 292 g/mol. The van der Waals surface area contributed by atoms with Gasteiger partial charge in [0.1, 0.15) is 6.04 Å². The van der Waals surface area contributed by atoms with E-state index in [0.29, 0.717) is 25.1 Å². The predicted octanol–water partition coefficient (Wildman–Crippen LogP) is 1.55. The highest BCUT2D eigenvalue weighted by molar-refractivity contribution is 6.03. The molecule has 1 fully saturated rings. The number of ether oxygens (including phenoxy) is 1. The predicted molar refractivity (Wildman–Crippen MR) is 74.2 cm³/mol. The number of anilines is 1. The monoisotopic (exact) mass is 292 g/mol. The number of methoxy groups -OCH3 is 1. The first-order chi connectivity index (χ1) is 10.0. The van der Waals surface area contributed by atoms with Gasteiger partial charge in [-0.3, -0.25) is 9.69 Å². The summed E-state index contributed by atoms with van der Waals surface area (Å²) in [5, 5.41) is 11.7. The number of hydrogen-bond acceptors (Lipinski definition) is 4. The van der Waals surface area contributed by atoms with Crippen molar-refractivity contribution in [3.63, 3.8) is 0 Å². The summed E-state index contributed by atoms with van der Waals surface area (Å²) in [5.74, 6) is -1.00. The standard InChI is InChI=1S/C14H16N2O5/c1-21-13(18)9-5-2-3-6-10(9)15-12(17)11-7-4-8-16(11)14(19)20/h2-3,5-6,11H,4,7-8H2,1H3,(H,15,17)(H,19,20). The number of nitrogens with zero attached hydrogens (tertiary/aromatic N) is 1. The quantitative estimate of drug-likeness (QED) is 0.824. The van der Waals surface area contributed by atoms with Crippen LogP contribution in [0.5, 0.6) is 0 Å². The maximum atomic E-state index is 12.2. The molecule has 1 aromatic rings. The van der Waals surface area contributed by atoms with Gasteiger partial charge in [0.05, 0.1) is 18.4 Å². The molecule has 2 N–H and O–H groups in total. The fourth-order valence-corrected chi connectivity index (χ4v) is 2.36. The van der Waals surface area contributed by atoms with E-state index in [1.165, 1.54) is 13.2 Å². The Balaban J connectivity index is 2.17. The summed E-state index contributed by atoms with van der Waals surface area (Å²) >= 11 is 0. The van der Waals surface area contributed by atoms with Crippen molar-refractivity contribution in [2.75, 3.05) is 19.0 Å². The minimum atomic E-state index is -1.12. The van der Waals surface area contributed by atoms with E-state index in [2.05, 4.69) is 10.1 Å². The van der Waals surface area contributed by atoms with Crippen molar-refractivity contribution in [1.29, 1.82) is 0 Å². The van der Waals surface area contributed by atoms with Crippen LogP contribution < -0.4 is 5.32 Å². The summed E-state index contributed by atoms with van der Waals surface area (Å²) in [5.41, 5.74) is 0.541. The Labute approximate surface area is 121 Å². The van der Waals surface area contributed by atoms with E-state index in [1.54, 1.807) is 18.2 Å². The van der Waals surface area contributed by atoms with Gasteiger partial charge in [0.25, 0.3) is 0 Å². The van der Waals surface area contributed by atoms with Crippen molar-refractivity contribution in [3.05, 3.63) is 29.8 Å². The van der Waals surface area contributed by atoms with Crippen LogP contribution in [-0.2, 0) is 9.53 Å². The summed E-state index contributed by atoms with van der Waals surface area (Å²) < 4.78 is 4.65. The van der Waals surface area contributed by atoms with Crippen molar-refractivity contribution >= 4 is 23.7 Å². The fraction of sp³-hybridized carbons (Fsp3) is 0.357. The van der Waals surface area contributed by atoms with Crippen molar-refractivity contribution in [1.82, 2.24) is 4.90 Å². The molecule has 0 aromatic heterocycles. The number of carbonyl (C=O) groups is 3. The van der Waals surface area contributed by atoms with Crippen LogP contribution in [0.2, 0.25) is 0 Å². The number of esters is 1. The van der Waals surface area contributed by atoms with Crippen LogP contribution in [0.25, 0.3) is 0 Å². The number of benzene rings is 1. The number of para-hydroxylation sites is 1. The molecule has 2 amide bonds. The fourth-order valence-electron chi connectivity index (χ4n) is 2.36. The van der Waals surface area contributed by atoms with Gasteiger partial charge in [-0.1, -0.05) is 12.1 Å². The topological polar surface area (TPSA) is 95.9 Å². The van der Waals surface area contributed by atoms with E-state index in [4.69, 9.17) is 5.11 Å². The third kappa shape index (κ3) is 3.13. The van der Waals surface area contributed by atoms with E-state index >= 15 is 0 Å². The van der Waals surface area contributed by atoms with E-state index in [1.807, 2.05) is 0 Å². The Morgan fingerprint density at radius 2 is 2.05 bits per heavy atom. The lowest BCUT2D eigenvalue weighted by atomic mass is 10.1. The largest absolute Gasteiger partial charge is 0.465 e. The third-order valence-electron chi connectivity index (χ3n) is 3.39. The zero-order valence-electron chi connectivity index (χ0n) is 11.5. The van der Waals surface area contributed by atoms with Gasteiger partial charge >= 0.3 is 12.1 Å². The van der Waals surface area contributed by atoms with Crippen LogP contribution in [0.15, 0.2) is 24.3 Å². The van der Waals surface area contributed by atoms with E-state index < -0.39 is 24.0 Å². The molecule has 7 heteroatoms. The Hall–Kier alpha value is -2.57. The third-order valence-corrected chi connectivity index (χ3v) is 3.39. The number of likely N-dealkylation sites (tertiary alicyclic amines) is 1. The lowest BCUT2D eigenvalue weighted by molar-refractivity contribution is -0.119. The van der Waals surface area contributed by atoms with E-state index in [-0.39, 0.29) is 5.56 Å². The Morgan fingerprint density at radius 1 is 1.33 bits per heavy atom. The Bertz CT molecular complexity index is 572. The molecule has 1 heterocycles. The molecule has 1 atom stereocenters. The van der Waals surface area contributed by atoms with Crippen LogP contribution in [-0.4, -0.2) is 47.7 Å². The smallest absolute Gasteiger partial charge is 0.407 e. The van der Waals surface area contributed by atoms with Gasteiger partial charge in [-0.05, 0) is 25.0 Å². The van der Waals surface area contributed by atoms with Gasteiger partial charge in [0.2, 0.25) is 5.91 Å². The van der Waals surface area contributed by atoms with Crippen LogP contribution in [0.4, 0.5) is 10.5 Å². The number of amides is 2. The molecule has 0 bridgehead atoms. The first-order valence-electron chi connectivity index (χ1n) is 6.52. The zero-order valence-corrected chi connectivity index (χ0v) is 11.5. The van der Waals surface area contributed by atoms with Crippen LogP contribution in [0.3, 0.4) is 0 Å². The molecular formula is C14H16N2O5. The normalized spacial score (nSPS) is 17.4. The summed E-state index contributed by atoms with van der Waals surface area (Å²) in [4.78, 5) is 36.0. The average Bonchev–Trinajstić information content (AvgIpc) is 2.96. The molecule has 0 saturated carbocycles. The van der Waals surface area contributed by atoms with Crippen molar-refractivity contribution in [3.8, 4) is 0 Å². The minimum absolute atomic E-state index is 0.230. The zero-order chi connectivity index (χ0) is 15.4. The highest BCUT2D eigenvalue weighted by Crippen LogP contribution is 2.21. The van der Waals surface area contributed by atoms with Gasteiger partial charge in [-0.25, -0.2) is 9.59 Å². The molecule has 1 saturated heterocycles. The van der Waals surface area contributed by atoms with Gasteiger partial charge in [0.15, 0.2) is 0 Å². The van der Waals surface area contributed by atoms with E-state index in [9.17, 15) is 14.4 Å². The molecular weight excluding hydrogens is 276 g/mol. The maximum absolute atomic E-state index is 12.2. The van der Waals surface area contributed by atoms with Crippen molar-refractivity contribution in [2.24, 2.45) is 0 Å². The number of rotatable bonds is 3. The molecule has 112 valence electrons. The van der Waals surface area contributed by atoms with Gasteiger partial charge < -0.3 is 15.2 Å². The summed E-state index contributed by atoms with van der Waals surface area (Å²) in [6.07, 6.45) is -0.00410. The molecule has 0 spiro atoms. The lowest BCUT2D eigenvalue weighted by Crippen LogP contribution is -2.42. The second-order valence-corrected chi connectivity index (χ2v) is 4.66. The lowest BCUT2D eigenvalue weighted by Gasteiger charge is -2.21. The number of hydrogen-bond donors (Lipinski definition) is 2. The number of nitrogens with one attached hydrogen (secondary N) is 1. The van der Waals surface area contributed by atoms with Gasteiger partial charge in [0, 0.05) is 6.54 Å². The Kier molecular flexibility index (Phi) is 4.42. The molecule has 1 aromatic carbocycles. The van der Waals surface area contributed by atoms with Crippen LogP contribution >= 0.6 is 0 Å². The second-order valence-electron chi connectivity index (χ2n) is 4.66. The number of carbonyl (C=O) groups excluding carboxylic acids is 2. The Morgan fingerprint density at radius 3 is 2.71 bits per heavy atom. The molecule has 1 aliphatic rings. The van der Waals surface area contributed by atoms with Crippen molar-refractivity contribution in [2.45, 2.75) is 18.9 Å². The SMILES string of the molecule is COC(=O)c1ccccc1NC(=O)C1CCCN1C(=O)O. The van der Waals surface area contributed by atoms with Crippen LogP contribution in [0, 0.1) is 0 Å². The molecule has 1 unspecified atom stereocenters.